The summed E-state index contributed by atoms with van der Waals surface area (Å²) in [4.78, 5) is 27.2. The number of hydrogen-bond donors (Lipinski definition) is 0. The van der Waals surface area contributed by atoms with Crippen LogP contribution in [0.1, 0.15) is 27.2 Å². The van der Waals surface area contributed by atoms with Crippen molar-refractivity contribution in [3.05, 3.63) is 10.4 Å². The maximum absolute atomic E-state index is 11.9. The third kappa shape index (κ3) is 2.95. The zero-order valence-electron chi connectivity index (χ0n) is 11.1. The number of rotatable bonds is 3. The molecule has 0 radical (unpaired) electrons. The average Bonchev–Trinajstić information content (AvgIpc) is 2.29. The van der Waals surface area contributed by atoms with Crippen LogP contribution in [0.4, 0.5) is 4.79 Å². The molecule has 1 aliphatic rings. The summed E-state index contributed by atoms with van der Waals surface area (Å²) >= 11 is 0. The van der Waals surface area contributed by atoms with Gasteiger partial charge in [-0.15, -0.1) is 0 Å². The first-order valence-corrected chi connectivity index (χ1v) is 5.73. The summed E-state index contributed by atoms with van der Waals surface area (Å²) in [6.07, 6.45) is -0.736. The lowest BCUT2D eigenvalue weighted by atomic mass is 9.82. The number of amides is 1. The molecule has 19 heavy (non-hydrogen) atoms. The lowest BCUT2D eigenvalue weighted by molar-refractivity contribution is -0.142. The van der Waals surface area contributed by atoms with Crippen LogP contribution in [0, 0.1) is 11.3 Å². The predicted molar refractivity (Wildman–Crippen MR) is 64.9 cm³/mol. The van der Waals surface area contributed by atoms with Crippen LogP contribution in [0.25, 0.3) is 10.4 Å². The number of carbonyl (C=O) groups excluding carboxylic acids is 2. The first-order valence-electron chi connectivity index (χ1n) is 5.73. The van der Waals surface area contributed by atoms with E-state index in [1.165, 1.54) is 0 Å². The topological polar surface area (TPSA) is 119 Å². The van der Waals surface area contributed by atoms with Crippen molar-refractivity contribution in [1.82, 2.24) is 4.90 Å². The van der Waals surface area contributed by atoms with E-state index in [-0.39, 0.29) is 25.3 Å². The molecular formula is C11H15N5O3. The molecule has 1 rings (SSSR count). The number of likely N-dealkylation sites (tertiary alicyclic amines) is 1. The molecule has 1 atom stereocenters. The molecule has 1 fully saturated rings. The Morgan fingerprint density at radius 2 is 2.32 bits per heavy atom. The van der Waals surface area contributed by atoms with E-state index >= 15 is 0 Å². The highest BCUT2D eigenvalue weighted by Crippen LogP contribution is 2.31. The third-order valence-electron chi connectivity index (χ3n) is 2.66. The van der Waals surface area contributed by atoms with E-state index in [1.807, 2.05) is 6.07 Å². The van der Waals surface area contributed by atoms with Gasteiger partial charge in [-0.2, -0.15) is 5.26 Å². The monoisotopic (exact) mass is 265 g/mol. The number of azide groups is 1. The van der Waals surface area contributed by atoms with Crippen LogP contribution in [-0.2, 0) is 9.53 Å². The van der Waals surface area contributed by atoms with E-state index < -0.39 is 17.2 Å². The smallest absolute Gasteiger partial charge is 0.412 e. The molecule has 102 valence electrons. The Hall–Kier alpha value is -2.26. The minimum atomic E-state index is -1.56. The highest BCUT2D eigenvalue weighted by atomic mass is 16.6. The molecule has 1 amide bonds. The highest BCUT2D eigenvalue weighted by Gasteiger charge is 2.56. The molecule has 8 heteroatoms. The Balaban J connectivity index is 2.84. The van der Waals surface area contributed by atoms with E-state index in [4.69, 9.17) is 15.5 Å². The van der Waals surface area contributed by atoms with Gasteiger partial charge < -0.3 is 4.74 Å². The number of ether oxygens (including phenoxy) is 1. The summed E-state index contributed by atoms with van der Waals surface area (Å²) in [5, 5.41) is 12.5. The van der Waals surface area contributed by atoms with Crippen LogP contribution in [0.15, 0.2) is 5.11 Å². The predicted octanol–water partition coefficient (Wildman–Crippen LogP) is 1.77. The number of carbonyl (C=O) groups is 2. The second-order valence-electron chi connectivity index (χ2n) is 5.17. The summed E-state index contributed by atoms with van der Waals surface area (Å²) < 4.78 is 5.13. The summed E-state index contributed by atoms with van der Waals surface area (Å²) in [6, 6.07) is 1.83. The fraction of sp³-hybridized carbons (Fsp3) is 0.727. The van der Waals surface area contributed by atoms with E-state index in [9.17, 15) is 9.59 Å². The van der Waals surface area contributed by atoms with Gasteiger partial charge >= 0.3 is 6.09 Å². The minimum Gasteiger partial charge on any atom is -0.444 e. The quantitative estimate of drug-likeness (QED) is 0.438. The van der Waals surface area contributed by atoms with E-state index in [0.29, 0.717) is 0 Å². The molecule has 0 aromatic heterocycles. The largest absolute Gasteiger partial charge is 0.444 e. The van der Waals surface area contributed by atoms with Crippen molar-refractivity contribution in [2.45, 2.75) is 38.3 Å². The molecule has 0 spiro atoms. The Labute approximate surface area is 110 Å². The average molecular weight is 265 g/mol. The third-order valence-corrected chi connectivity index (χ3v) is 2.66. The van der Waals surface area contributed by atoms with Crippen molar-refractivity contribution in [1.29, 1.82) is 5.26 Å². The van der Waals surface area contributed by atoms with Gasteiger partial charge in [0.25, 0.3) is 0 Å². The van der Waals surface area contributed by atoms with Gasteiger partial charge in [0.05, 0.1) is 12.6 Å². The standard InChI is InChI=1S/C11H15N5O3/c1-10(2,3)19-9(18)16-6-8(17)11(16,7-12)4-5-14-15-13/h4-6H2,1-3H3. The van der Waals surface area contributed by atoms with Crippen molar-refractivity contribution in [3.8, 4) is 6.07 Å². The lowest BCUT2D eigenvalue weighted by Crippen LogP contribution is -2.70. The number of Topliss-reactive ketones (excluding diaryl/α,β-unsaturated/α-hetero) is 1. The second-order valence-corrected chi connectivity index (χ2v) is 5.17. The van der Waals surface area contributed by atoms with Crippen LogP contribution in [0.3, 0.4) is 0 Å². The van der Waals surface area contributed by atoms with E-state index in [2.05, 4.69) is 10.0 Å². The zero-order chi connectivity index (χ0) is 14.7. The van der Waals surface area contributed by atoms with Crippen LogP contribution in [0.2, 0.25) is 0 Å². The van der Waals surface area contributed by atoms with Gasteiger partial charge in [-0.3, -0.25) is 9.69 Å². The first-order chi connectivity index (χ1) is 8.77. The summed E-state index contributed by atoms with van der Waals surface area (Å²) in [6.45, 7) is 4.90. The molecule has 1 aliphatic heterocycles. The number of nitrogens with zero attached hydrogens (tertiary/aromatic N) is 5. The highest BCUT2D eigenvalue weighted by molar-refractivity contribution is 6.04. The van der Waals surface area contributed by atoms with Crippen molar-refractivity contribution in [2.75, 3.05) is 13.1 Å². The fourth-order valence-electron chi connectivity index (χ4n) is 1.72. The molecule has 0 bridgehead atoms. The van der Waals surface area contributed by atoms with Crippen molar-refractivity contribution in [2.24, 2.45) is 5.11 Å². The van der Waals surface area contributed by atoms with E-state index in [0.717, 1.165) is 4.90 Å². The van der Waals surface area contributed by atoms with Crippen molar-refractivity contribution >= 4 is 11.9 Å². The van der Waals surface area contributed by atoms with Gasteiger partial charge in [-0.1, -0.05) is 5.11 Å². The minimum absolute atomic E-state index is 0.0222. The molecule has 8 nitrogen and oxygen atoms in total. The lowest BCUT2D eigenvalue weighted by Gasteiger charge is -2.45. The maximum Gasteiger partial charge on any atom is 0.412 e. The molecule has 1 unspecified atom stereocenters. The van der Waals surface area contributed by atoms with Gasteiger partial charge in [0, 0.05) is 11.5 Å². The van der Waals surface area contributed by atoms with Crippen molar-refractivity contribution < 1.29 is 14.3 Å². The SMILES string of the molecule is CC(C)(C)OC(=O)N1CC(=O)C1(C#N)CCN=[N+]=[N-]. The Bertz CT molecular complexity index is 484. The molecule has 0 saturated carbocycles. The molecule has 0 aliphatic carbocycles. The maximum atomic E-state index is 11.9. The summed E-state index contributed by atoms with van der Waals surface area (Å²) in [5.41, 5.74) is 5.94. The van der Waals surface area contributed by atoms with Crippen LogP contribution in [-0.4, -0.2) is 41.0 Å². The van der Waals surface area contributed by atoms with Gasteiger partial charge in [-0.25, -0.2) is 4.79 Å². The molecule has 1 heterocycles. The van der Waals surface area contributed by atoms with Crippen LogP contribution in [0.5, 0.6) is 0 Å². The Morgan fingerprint density at radius 1 is 1.68 bits per heavy atom. The number of hydrogen-bond acceptors (Lipinski definition) is 5. The van der Waals surface area contributed by atoms with Gasteiger partial charge in [0.1, 0.15) is 5.60 Å². The normalized spacial score (nSPS) is 22.0. The van der Waals surface area contributed by atoms with E-state index in [1.54, 1.807) is 20.8 Å². The van der Waals surface area contributed by atoms with Gasteiger partial charge in [0.15, 0.2) is 11.3 Å². The van der Waals surface area contributed by atoms with Crippen molar-refractivity contribution in [3.63, 3.8) is 0 Å². The number of ketones is 1. The number of nitriles is 1. The second kappa shape index (κ2) is 5.16. The first kappa shape index (κ1) is 14.8. The Kier molecular flexibility index (Phi) is 4.02. The molecule has 0 N–H and O–H groups in total. The molecule has 1 saturated heterocycles. The fourth-order valence-corrected chi connectivity index (χ4v) is 1.72. The molecule has 0 aromatic carbocycles. The Morgan fingerprint density at radius 3 is 2.74 bits per heavy atom. The summed E-state index contributed by atoms with van der Waals surface area (Å²) in [7, 11) is 0. The van der Waals surface area contributed by atoms with Gasteiger partial charge in [0.2, 0.25) is 0 Å². The summed E-state index contributed by atoms with van der Waals surface area (Å²) in [5.74, 6) is -0.367. The van der Waals surface area contributed by atoms with Crippen LogP contribution < -0.4 is 0 Å². The zero-order valence-corrected chi connectivity index (χ0v) is 11.1. The molecule has 0 aromatic rings. The van der Waals surface area contributed by atoms with Gasteiger partial charge in [-0.05, 0) is 32.7 Å². The van der Waals surface area contributed by atoms with Crippen LogP contribution >= 0.6 is 0 Å². The molecular weight excluding hydrogens is 250 g/mol.